The summed E-state index contributed by atoms with van der Waals surface area (Å²) in [6.07, 6.45) is 1.12. The number of hydrogen-bond acceptors (Lipinski definition) is 2. The summed E-state index contributed by atoms with van der Waals surface area (Å²) in [5, 5.41) is 2.99. The molecule has 1 heterocycles. The number of hydrogen-bond donors (Lipinski definition) is 2. The second-order valence-corrected chi connectivity index (χ2v) is 6.26. The molecule has 0 aliphatic carbocycles. The van der Waals surface area contributed by atoms with E-state index in [0.717, 1.165) is 25.3 Å². The van der Waals surface area contributed by atoms with Gasteiger partial charge in [-0.15, -0.1) is 0 Å². The molecule has 1 aromatic rings. The average Bonchev–Trinajstić information content (AvgIpc) is 2.40. The standard InChI is InChI=1S/C17H26N2O2/c1-12-5-6-16(9-13(12)2)18-17(20)7-8-19-10-14(3)21-15(4)11-19/h5-6,9,14-15H,7-8,10-11H2,1-4H3,(H,18,20)/p+1. The van der Waals surface area contributed by atoms with Crippen molar-refractivity contribution in [3.63, 3.8) is 0 Å². The van der Waals surface area contributed by atoms with E-state index in [2.05, 4.69) is 33.0 Å². The number of nitrogens with one attached hydrogen (secondary N) is 2. The van der Waals surface area contributed by atoms with Crippen molar-refractivity contribution in [2.24, 2.45) is 0 Å². The molecule has 1 aliphatic rings. The summed E-state index contributed by atoms with van der Waals surface area (Å²) in [6, 6.07) is 6.03. The van der Waals surface area contributed by atoms with Crippen LogP contribution < -0.4 is 10.2 Å². The molecule has 1 aliphatic heterocycles. The minimum Gasteiger partial charge on any atom is -0.364 e. The summed E-state index contributed by atoms with van der Waals surface area (Å²) in [4.78, 5) is 13.5. The van der Waals surface area contributed by atoms with E-state index in [-0.39, 0.29) is 18.1 Å². The zero-order chi connectivity index (χ0) is 15.4. The van der Waals surface area contributed by atoms with Gasteiger partial charge in [-0.3, -0.25) is 4.79 Å². The summed E-state index contributed by atoms with van der Waals surface area (Å²) in [5.41, 5.74) is 3.34. The monoisotopic (exact) mass is 291 g/mol. The first-order chi connectivity index (χ1) is 9.94. The highest BCUT2D eigenvalue weighted by Gasteiger charge is 2.25. The maximum absolute atomic E-state index is 12.1. The molecule has 4 heteroatoms. The summed E-state index contributed by atoms with van der Waals surface area (Å²) in [5.74, 6) is 0.0950. The van der Waals surface area contributed by atoms with E-state index in [1.54, 1.807) is 0 Å². The number of morpholine rings is 1. The van der Waals surface area contributed by atoms with Gasteiger partial charge in [0.2, 0.25) is 5.91 Å². The number of carbonyl (C=O) groups is 1. The van der Waals surface area contributed by atoms with Crippen molar-refractivity contribution in [3.05, 3.63) is 29.3 Å². The molecule has 2 rings (SSSR count). The van der Waals surface area contributed by atoms with Crippen molar-refractivity contribution < 1.29 is 14.4 Å². The fraction of sp³-hybridized carbons (Fsp3) is 0.588. The largest absolute Gasteiger partial charge is 0.364 e. The molecule has 0 saturated carbocycles. The Morgan fingerprint density at radius 2 is 1.90 bits per heavy atom. The van der Waals surface area contributed by atoms with E-state index in [0.29, 0.717) is 6.42 Å². The number of rotatable bonds is 4. The van der Waals surface area contributed by atoms with Crippen LogP contribution in [0.15, 0.2) is 18.2 Å². The molecule has 2 atom stereocenters. The highest BCUT2D eigenvalue weighted by molar-refractivity contribution is 5.90. The summed E-state index contributed by atoms with van der Waals surface area (Å²) < 4.78 is 5.72. The van der Waals surface area contributed by atoms with E-state index < -0.39 is 0 Å². The number of quaternary nitrogens is 1. The number of benzene rings is 1. The van der Waals surface area contributed by atoms with Crippen LogP contribution in [0, 0.1) is 13.8 Å². The lowest BCUT2D eigenvalue weighted by molar-refractivity contribution is -0.914. The molecule has 1 amide bonds. The summed E-state index contributed by atoms with van der Waals surface area (Å²) in [6.45, 7) is 11.2. The third-order valence-corrected chi connectivity index (χ3v) is 4.11. The van der Waals surface area contributed by atoms with Gasteiger partial charge in [-0.1, -0.05) is 6.07 Å². The maximum atomic E-state index is 12.1. The van der Waals surface area contributed by atoms with Gasteiger partial charge in [0.25, 0.3) is 0 Å². The van der Waals surface area contributed by atoms with E-state index in [1.807, 2.05) is 18.2 Å². The van der Waals surface area contributed by atoms with Gasteiger partial charge in [-0.05, 0) is 51.0 Å². The highest BCUT2D eigenvalue weighted by atomic mass is 16.5. The predicted molar refractivity (Wildman–Crippen MR) is 84.7 cm³/mol. The molecule has 2 unspecified atom stereocenters. The molecule has 1 saturated heterocycles. The lowest BCUT2D eigenvalue weighted by atomic mass is 10.1. The molecular weight excluding hydrogens is 264 g/mol. The zero-order valence-corrected chi connectivity index (χ0v) is 13.5. The maximum Gasteiger partial charge on any atom is 0.230 e. The summed E-state index contributed by atoms with van der Waals surface area (Å²) >= 11 is 0. The van der Waals surface area contributed by atoms with Gasteiger partial charge >= 0.3 is 0 Å². The molecule has 4 nitrogen and oxygen atoms in total. The second-order valence-electron chi connectivity index (χ2n) is 6.26. The molecule has 0 aromatic heterocycles. The topological polar surface area (TPSA) is 42.8 Å². The quantitative estimate of drug-likeness (QED) is 0.879. The zero-order valence-electron chi connectivity index (χ0n) is 13.5. The Bertz CT molecular complexity index is 492. The van der Waals surface area contributed by atoms with Gasteiger partial charge in [0.15, 0.2) is 0 Å². The minimum atomic E-state index is 0.0950. The van der Waals surface area contributed by atoms with Crippen molar-refractivity contribution in [2.45, 2.75) is 46.3 Å². The van der Waals surface area contributed by atoms with E-state index in [9.17, 15) is 4.79 Å². The summed E-state index contributed by atoms with van der Waals surface area (Å²) in [7, 11) is 0. The van der Waals surface area contributed by atoms with Crippen LogP contribution in [0.3, 0.4) is 0 Å². The van der Waals surface area contributed by atoms with Crippen LogP contribution in [0.4, 0.5) is 5.69 Å². The molecule has 0 spiro atoms. The molecule has 0 radical (unpaired) electrons. The van der Waals surface area contributed by atoms with Crippen LogP contribution in [-0.4, -0.2) is 37.7 Å². The molecule has 0 bridgehead atoms. The number of ether oxygens (including phenoxy) is 1. The van der Waals surface area contributed by atoms with Gasteiger partial charge in [0, 0.05) is 5.69 Å². The lowest BCUT2D eigenvalue weighted by Gasteiger charge is -2.32. The minimum absolute atomic E-state index is 0.0950. The normalized spacial score (nSPS) is 25.6. The fourth-order valence-corrected chi connectivity index (χ4v) is 2.93. The smallest absolute Gasteiger partial charge is 0.230 e. The predicted octanol–water partition coefficient (Wildman–Crippen LogP) is 1.32. The number of aryl methyl sites for hydroxylation is 2. The first-order valence-electron chi connectivity index (χ1n) is 7.80. The van der Waals surface area contributed by atoms with Crippen LogP contribution in [0.2, 0.25) is 0 Å². The van der Waals surface area contributed by atoms with Gasteiger partial charge in [0.05, 0.1) is 13.0 Å². The Morgan fingerprint density at radius 1 is 1.24 bits per heavy atom. The number of amides is 1. The van der Waals surface area contributed by atoms with Gasteiger partial charge in [-0.2, -0.15) is 0 Å². The Labute approximate surface area is 127 Å². The number of anilines is 1. The second kappa shape index (κ2) is 7.05. The first kappa shape index (κ1) is 16.0. The van der Waals surface area contributed by atoms with E-state index in [1.165, 1.54) is 16.0 Å². The SMILES string of the molecule is Cc1ccc(NC(=O)CC[NH+]2CC(C)OC(C)C2)cc1C. The van der Waals surface area contributed by atoms with Crippen molar-refractivity contribution >= 4 is 11.6 Å². The Kier molecular flexibility index (Phi) is 5.37. The molecule has 116 valence electrons. The lowest BCUT2D eigenvalue weighted by Crippen LogP contribution is -3.15. The Balaban J connectivity index is 1.80. The van der Waals surface area contributed by atoms with Crippen LogP contribution in [0.25, 0.3) is 0 Å². The van der Waals surface area contributed by atoms with E-state index >= 15 is 0 Å². The van der Waals surface area contributed by atoms with Crippen LogP contribution in [0.5, 0.6) is 0 Å². The highest BCUT2D eigenvalue weighted by Crippen LogP contribution is 2.14. The van der Waals surface area contributed by atoms with Crippen LogP contribution in [0.1, 0.15) is 31.4 Å². The van der Waals surface area contributed by atoms with Crippen molar-refractivity contribution in [3.8, 4) is 0 Å². The van der Waals surface area contributed by atoms with Crippen molar-refractivity contribution in [2.75, 3.05) is 25.0 Å². The van der Waals surface area contributed by atoms with Gasteiger partial charge in [-0.25, -0.2) is 0 Å². The van der Waals surface area contributed by atoms with E-state index in [4.69, 9.17) is 4.74 Å². The number of carbonyl (C=O) groups excluding carboxylic acids is 1. The third-order valence-electron chi connectivity index (χ3n) is 4.11. The molecule has 1 fully saturated rings. The van der Waals surface area contributed by atoms with Crippen molar-refractivity contribution in [1.82, 2.24) is 0 Å². The third kappa shape index (κ3) is 4.83. The molecule has 21 heavy (non-hydrogen) atoms. The Hall–Kier alpha value is -1.39. The molecule has 1 aromatic carbocycles. The first-order valence-corrected chi connectivity index (χ1v) is 7.80. The van der Waals surface area contributed by atoms with Gasteiger partial charge < -0.3 is 15.0 Å². The van der Waals surface area contributed by atoms with Gasteiger partial charge in [0.1, 0.15) is 25.3 Å². The fourth-order valence-electron chi connectivity index (χ4n) is 2.93. The van der Waals surface area contributed by atoms with Crippen LogP contribution >= 0.6 is 0 Å². The molecule has 2 N–H and O–H groups in total. The Morgan fingerprint density at radius 3 is 2.52 bits per heavy atom. The van der Waals surface area contributed by atoms with Crippen LogP contribution in [-0.2, 0) is 9.53 Å². The van der Waals surface area contributed by atoms with Crippen molar-refractivity contribution in [1.29, 1.82) is 0 Å². The molecular formula is C17H27N2O2+. The average molecular weight is 291 g/mol.